The third-order valence-electron chi connectivity index (χ3n) is 3.42. The average molecular weight is 322 g/mol. The number of hydrogen-bond acceptors (Lipinski definition) is 7. The van der Waals surface area contributed by atoms with Crippen molar-refractivity contribution >= 4 is 23.5 Å². The summed E-state index contributed by atoms with van der Waals surface area (Å²) in [5, 5.41) is 14.9. The number of carbonyl (C=O) groups is 1. The predicted octanol–water partition coefficient (Wildman–Crippen LogP) is 1.68. The van der Waals surface area contributed by atoms with Crippen LogP contribution >= 0.6 is 11.8 Å². The maximum absolute atomic E-state index is 12.3. The number of hydrogen-bond donors (Lipinski definition) is 2. The quantitative estimate of drug-likeness (QED) is 0.614. The molecule has 0 bridgehead atoms. The van der Waals surface area contributed by atoms with Crippen molar-refractivity contribution in [2.75, 3.05) is 11.2 Å². The lowest BCUT2D eigenvalue weighted by molar-refractivity contribution is -0.115. The van der Waals surface area contributed by atoms with E-state index in [2.05, 4.69) is 20.7 Å². The zero-order valence-corrected chi connectivity index (χ0v) is 13.3. The monoisotopic (exact) mass is 322 g/mol. The van der Waals surface area contributed by atoms with Crippen molar-refractivity contribution in [3.63, 3.8) is 0 Å². The van der Waals surface area contributed by atoms with Gasteiger partial charge in [0.25, 0.3) is 0 Å². The van der Waals surface area contributed by atoms with Crippen molar-refractivity contribution in [2.45, 2.75) is 49.4 Å². The van der Waals surface area contributed by atoms with Crippen molar-refractivity contribution in [1.29, 1.82) is 0 Å². The Balaban J connectivity index is 1.67. The molecule has 1 fully saturated rings. The number of nitrogen functional groups attached to an aromatic ring is 1. The van der Waals surface area contributed by atoms with Crippen LogP contribution in [0, 0.1) is 6.92 Å². The Labute approximate surface area is 131 Å². The first-order chi connectivity index (χ1) is 10.6. The van der Waals surface area contributed by atoms with Gasteiger partial charge in [-0.1, -0.05) is 23.8 Å². The Kier molecular flexibility index (Phi) is 4.06. The lowest BCUT2D eigenvalue weighted by Crippen LogP contribution is -2.26. The zero-order chi connectivity index (χ0) is 15.7. The topological polar surface area (TPSA) is 112 Å². The van der Waals surface area contributed by atoms with Gasteiger partial charge < -0.3 is 15.7 Å². The molecule has 1 aliphatic rings. The molecule has 0 radical (unpaired) electrons. The molecule has 1 amide bonds. The van der Waals surface area contributed by atoms with E-state index in [1.165, 1.54) is 16.4 Å². The lowest BCUT2D eigenvalue weighted by Gasteiger charge is -2.12. The third kappa shape index (κ3) is 3.08. The molecule has 0 spiro atoms. The fourth-order valence-corrected chi connectivity index (χ4v) is 2.95. The summed E-state index contributed by atoms with van der Waals surface area (Å²) in [6.45, 7) is 3.70. The fraction of sp³-hybridized carbons (Fsp3) is 0.538. The molecular weight excluding hydrogens is 304 g/mol. The van der Waals surface area contributed by atoms with Crippen molar-refractivity contribution in [2.24, 2.45) is 0 Å². The number of aryl methyl sites for hydroxylation is 1. The van der Waals surface area contributed by atoms with Gasteiger partial charge in [-0.05, 0) is 26.2 Å². The van der Waals surface area contributed by atoms with Crippen LogP contribution in [0.5, 0.6) is 0 Å². The number of nitrogens with one attached hydrogen (secondary N) is 1. The van der Waals surface area contributed by atoms with E-state index < -0.39 is 0 Å². The summed E-state index contributed by atoms with van der Waals surface area (Å²) in [7, 11) is 0. The minimum atomic E-state index is -0.324. The smallest absolute Gasteiger partial charge is 0.239 e. The number of thioether (sulfide) groups is 1. The zero-order valence-electron chi connectivity index (χ0n) is 12.4. The van der Waals surface area contributed by atoms with Gasteiger partial charge in [0.1, 0.15) is 5.76 Å². The highest BCUT2D eigenvalue weighted by atomic mass is 32.2. The third-order valence-corrected chi connectivity index (χ3v) is 4.74. The van der Waals surface area contributed by atoms with Crippen LogP contribution in [0.15, 0.2) is 15.7 Å². The SMILES string of the molecule is CC[C@@H](Sc1nnc(C2CC2)n1N)C(=O)Nc1cc(C)on1. The molecule has 22 heavy (non-hydrogen) atoms. The molecule has 2 aromatic heterocycles. The van der Waals surface area contributed by atoms with E-state index in [9.17, 15) is 4.79 Å². The Morgan fingerprint density at radius 3 is 2.95 bits per heavy atom. The molecule has 0 aromatic carbocycles. The van der Waals surface area contributed by atoms with Gasteiger partial charge in [-0.2, -0.15) is 0 Å². The molecular formula is C13H18N6O2S. The van der Waals surface area contributed by atoms with Gasteiger partial charge >= 0.3 is 0 Å². The molecule has 118 valence electrons. The molecule has 8 nitrogen and oxygen atoms in total. The molecule has 2 heterocycles. The normalized spacial score (nSPS) is 15.7. The Bertz CT molecular complexity index is 678. The second kappa shape index (κ2) is 5.99. The maximum Gasteiger partial charge on any atom is 0.239 e. The maximum atomic E-state index is 12.3. The van der Waals surface area contributed by atoms with E-state index >= 15 is 0 Å². The molecule has 0 unspecified atom stereocenters. The summed E-state index contributed by atoms with van der Waals surface area (Å²) in [6, 6.07) is 1.67. The number of nitrogens with two attached hydrogens (primary N) is 1. The van der Waals surface area contributed by atoms with Crippen molar-refractivity contribution in [1.82, 2.24) is 20.0 Å². The molecule has 9 heteroatoms. The predicted molar refractivity (Wildman–Crippen MR) is 82.0 cm³/mol. The molecule has 1 atom stereocenters. The van der Waals surface area contributed by atoms with Crippen LogP contribution in [-0.2, 0) is 4.79 Å². The van der Waals surface area contributed by atoms with Crippen LogP contribution in [0.25, 0.3) is 0 Å². The molecule has 2 aromatic rings. The summed E-state index contributed by atoms with van der Waals surface area (Å²) in [4.78, 5) is 12.3. The highest BCUT2D eigenvalue weighted by molar-refractivity contribution is 8.00. The van der Waals surface area contributed by atoms with Crippen LogP contribution < -0.4 is 11.2 Å². The number of anilines is 1. The van der Waals surface area contributed by atoms with Crippen molar-refractivity contribution in [3.05, 3.63) is 17.7 Å². The highest BCUT2D eigenvalue weighted by Gasteiger charge is 2.31. The molecule has 1 aliphatic carbocycles. The van der Waals surface area contributed by atoms with E-state index in [-0.39, 0.29) is 11.2 Å². The van der Waals surface area contributed by atoms with E-state index in [0.29, 0.717) is 29.1 Å². The van der Waals surface area contributed by atoms with Gasteiger partial charge in [-0.25, -0.2) is 4.68 Å². The highest BCUT2D eigenvalue weighted by Crippen LogP contribution is 2.39. The molecule has 0 aliphatic heterocycles. The number of carbonyl (C=O) groups excluding carboxylic acids is 1. The molecule has 0 saturated heterocycles. The summed E-state index contributed by atoms with van der Waals surface area (Å²) in [5.41, 5.74) is 0. The first-order valence-corrected chi connectivity index (χ1v) is 8.07. The molecule has 1 saturated carbocycles. The van der Waals surface area contributed by atoms with Gasteiger partial charge in [0.15, 0.2) is 11.6 Å². The summed E-state index contributed by atoms with van der Waals surface area (Å²) >= 11 is 1.31. The van der Waals surface area contributed by atoms with Gasteiger partial charge in [-0.15, -0.1) is 10.2 Å². The lowest BCUT2D eigenvalue weighted by atomic mass is 10.3. The van der Waals surface area contributed by atoms with Gasteiger partial charge in [-0.3, -0.25) is 4.79 Å². The molecule has 3 rings (SSSR count). The van der Waals surface area contributed by atoms with Crippen molar-refractivity contribution < 1.29 is 9.32 Å². The Hall–Kier alpha value is -2.03. The summed E-state index contributed by atoms with van der Waals surface area (Å²) < 4.78 is 6.43. The summed E-state index contributed by atoms with van der Waals surface area (Å²) in [5.74, 6) is 8.13. The minimum Gasteiger partial charge on any atom is -0.360 e. The molecule has 3 N–H and O–H groups in total. The number of nitrogens with zero attached hydrogens (tertiary/aromatic N) is 4. The standard InChI is InChI=1S/C13H18N6O2S/c1-3-9(12(20)15-10-6-7(2)21-18-10)22-13-17-16-11(19(13)14)8-4-5-8/h6,8-9H,3-5,14H2,1-2H3,(H,15,18,20)/t9-/m1/s1. The largest absolute Gasteiger partial charge is 0.360 e. The van der Waals surface area contributed by atoms with Crippen LogP contribution in [-0.4, -0.2) is 31.2 Å². The van der Waals surface area contributed by atoms with Gasteiger partial charge in [0, 0.05) is 12.0 Å². The van der Waals surface area contributed by atoms with Gasteiger partial charge in [0.05, 0.1) is 5.25 Å². The second-order valence-electron chi connectivity index (χ2n) is 5.31. The fourth-order valence-electron chi connectivity index (χ4n) is 2.07. The second-order valence-corrected chi connectivity index (χ2v) is 6.48. The van der Waals surface area contributed by atoms with Crippen LogP contribution in [0.3, 0.4) is 0 Å². The number of aromatic nitrogens is 4. The van der Waals surface area contributed by atoms with Crippen LogP contribution in [0.1, 0.15) is 43.7 Å². The van der Waals surface area contributed by atoms with E-state index in [4.69, 9.17) is 10.4 Å². The average Bonchev–Trinajstić information content (AvgIpc) is 3.16. The van der Waals surface area contributed by atoms with E-state index in [0.717, 1.165) is 18.7 Å². The van der Waals surface area contributed by atoms with E-state index in [1.54, 1.807) is 13.0 Å². The first-order valence-electron chi connectivity index (χ1n) is 7.19. The van der Waals surface area contributed by atoms with E-state index in [1.807, 2.05) is 6.92 Å². The van der Waals surface area contributed by atoms with Crippen LogP contribution in [0.2, 0.25) is 0 Å². The number of amides is 1. The first kappa shape index (κ1) is 14.9. The van der Waals surface area contributed by atoms with Crippen molar-refractivity contribution in [3.8, 4) is 0 Å². The van der Waals surface area contributed by atoms with Gasteiger partial charge in [0.2, 0.25) is 11.1 Å². The summed E-state index contributed by atoms with van der Waals surface area (Å²) in [6.07, 6.45) is 2.84. The Morgan fingerprint density at radius 1 is 1.59 bits per heavy atom. The van der Waals surface area contributed by atoms with Crippen LogP contribution in [0.4, 0.5) is 5.82 Å². The number of rotatable bonds is 6. The Morgan fingerprint density at radius 2 is 2.36 bits per heavy atom. The minimum absolute atomic E-state index is 0.156.